The van der Waals surface area contributed by atoms with Gasteiger partial charge in [0, 0.05) is 12.6 Å². The number of ether oxygens (including phenoxy) is 1. The van der Waals surface area contributed by atoms with Gasteiger partial charge in [0.25, 0.3) is 0 Å². The number of benzene rings is 2. The lowest BCUT2D eigenvalue weighted by atomic mass is 10.1. The molecule has 0 aliphatic heterocycles. The van der Waals surface area contributed by atoms with E-state index in [4.69, 9.17) is 4.42 Å². The number of furan rings is 1. The average Bonchev–Trinajstić information content (AvgIpc) is 3.34. The Bertz CT molecular complexity index is 1180. The molecule has 0 atom stereocenters. The molecule has 0 spiro atoms. The fourth-order valence-electron chi connectivity index (χ4n) is 2.72. The van der Waals surface area contributed by atoms with Crippen molar-refractivity contribution in [3.8, 4) is 0 Å². The summed E-state index contributed by atoms with van der Waals surface area (Å²) < 4.78 is 36.9. The van der Waals surface area contributed by atoms with Crippen LogP contribution in [0.5, 0.6) is 0 Å². The highest BCUT2D eigenvalue weighted by Crippen LogP contribution is 2.13. The van der Waals surface area contributed by atoms with Crippen LogP contribution in [0.4, 0.5) is 0 Å². The summed E-state index contributed by atoms with van der Waals surface area (Å²) in [7, 11) is -2.36. The van der Waals surface area contributed by atoms with E-state index in [0.717, 1.165) is 5.56 Å². The predicted octanol–water partition coefficient (Wildman–Crippen LogP) is 2.87. The molecule has 0 fully saturated rings. The van der Waals surface area contributed by atoms with Crippen LogP contribution in [0.25, 0.3) is 6.08 Å². The number of hydrogen-bond acceptors (Lipinski definition) is 6. The van der Waals surface area contributed by atoms with Gasteiger partial charge in [-0.25, -0.2) is 17.9 Å². The van der Waals surface area contributed by atoms with Crippen LogP contribution in [-0.4, -0.2) is 27.4 Å². The maximum absolute atomic E-state index is 12.3. The summed E-state index contributed by atoms with van der Waals surface area (Å²) in [6.07, 6.45) is 4.42. The minimum Gasteiger partial charge on any atom is -0.468 e. The lowest BCUT2D eigenvalue weighted by molar-refractivity contribution is -0.116. The maximum Gasteiger partial charge on any atom is 0.337 e. The lowest BCUT2D eigenvalue weighted by Crippen LogP contribution is -2.22. The Morgan fingerprint density at radius 2 is 1.72 bits per heavy atom. The van der Waals surface area contributed by atoms with Gasteiger partial charge in [-0.15, -0.1) is 0 Å². The number of nitrogens with one attached hydrogen (secondary N) is 2. The molecule has 1 aromatic heterocycles. The van der Waals surface area contributed by atoms with Crippen LogP contribution in [0.15, 0.2) is 82.3 Å². The Morgan fingerprint density at radius 3 is 2.34 bits per heavy atom. The molecule has 0 saturated heterocycles. The van der Waals surface area contributed by atoms with Gasteiger partial charge in [0.05, 0.1) is 30.4 Å². The Balaban J connectivity index is 1.51. The predicted molar refractivity (Wildman–Crippen MR) is 118 cm³/mol. The van der Waals surface area contributed by atoms with E-state index >= 15 is 0 Å². The van der Waals surface area contributed by atoms with Gasteiger partial charge < -0.3 is 14.5 Å². The molecule has 0 aliphatic carbocycles. The van der Waals surface area contributed by atoms with Crippen molar-refractivity contribution in [2.75, 3.05) is 7.11 Å². The minimum atomic E-state index is -3.68. The molecule has 0 radical (unpaired) electrons. The molecule has 3 aromatic rings. The molecular weight excluding hydrogens is 432 g/mol. The molecule has 2 N–H and O–H groups in total. The maximum atomic E-state index is 12.3. The van der Waals surface area contributed by atoms with Crippen LogP contribution in [-0.2, 0) is 32.6 Å². The minimum absolute atomic E-state index is 0.0581. The summed E-state index contributed by atoms with van der Waals surface area (Å²) in [5.74, 6) is -0.215. The molecule has 166 valence electrons. The zero-order valence-corrected chi connectivity index (χ0v) is 18.1. The quantitative estimate of drug-likeness (QED) is 0.380. The van der Waals surface area contributed by atoms with E-state index < -0.39 is 16.0 Å². The van der Waals surface area contributed by atoms with Crippen LogP contribution in [0.3, 0.4) is 0 Å². The van der Waals surface area contributed by atoms with Crippen molar-refractivity contribution in [1.29, 1.82) is 0 Å². The van der Waals surface area contributed by atoms with Crippen molar-refractivity contribution < 1.29 is 27.2 Å². The normalized spacial score (nSPS) is 11.4. The monoisotopic (exact) mass is 454 g/mol. The largest absolute Gasteiger partial charge is 0.468 e. The van der Waals surface area contributed by atoms with Crippen molar-refractivity contribution >= 4 is 28.0 Å². The summed E-state index contributed by atoms with van der Waals surface area (Å²) in [5.41, 5.74) is 1.94. The van der Waals surface area contributed by atoms with Crippen molar-refractivity contribution in [1.82, 2.24) is 10.0 Å². The highest BCUT2D eigenvalue weighted by atomic mass is 32.2. The third kappa shape index (κ3) is 6.40. The number of methoxy groups -OCH3 is 1. The number of sulfonamides is 1. The average molecular weight is 455 g/mol. The van der Waals surface area contributed by atoms with Gasteiger partial charge in [0.1, 0.15) is 5.76 Å². The first-order valence-electron chi connectivity index (χ1n) is 9.63. The van der Waals surface area contributed by atoms with Crippen LogP contribution in [0, 0.1) is 0 Å². The van der Waals surface area contributed by atoms with Crippen LogP contribution < -0.4 is 10.0 Å². The highest BCUT2D eigenvalue weighted by molar-refractivity contribution is 7.89. The number of rotatable bonds is 9. The lowest BCUT2D eigenvalue weighted by Gasteiger charge is -2.06. The molecule has 1 amide bonds. The van der Waals surface area contributed by atoms with E-state index in [1.807, 2.05) is 0 Å². The number of carbonyl (C=O) groups is 2. The van der Waals surface area contributed by atoms with Gasteiger partial charge >= 0.3 is 5.97 Å². The Morgan fingerprint density at radius 1 is 1.00 bits per heavy atom. The molecule has 8 nitrogen and oxygen atoms in total. The van der Waals surface area contributed by atoms with Gasteiger partial charge in [0.2, 0.25) is 15.9 Å². The molecule has 0 bridgehead atoms. The summed E-state index contributed by atoms with van der Waals surface area (Å²) in [6, 6.07) is 16.2. The molecule has 2 aromatic carbocycles. The van der Waals surface area contributed by atoms with Crippen molar-refractivity contribution in [2.45, 2.75) is 18.0 Å². The molecule has 32 heavy (non-hydrogen) atoms. The highest BCUT2D eigenvalue weighted by Gasteiger charge is 2.14. The Labute approximate surface area is 186 Å². The molecule has 3 rings (SSSR count). The van der Waals surface area contributed by atoms with Crippen LogP contribution >= 0.6 is 0 Å². The number of carbonyl (C=O) groups excluding carboxylic acids is 2. The van der Waals surface area contributed by atoms with Gasteiger partial charge in [-0.3, -0.25) is 4.79 Å². The number of hydrogen-bond donors (Lipinski definition) is 2. The molecule has 1 heterocycles. The standard InChI is InChI=1S/C23H22N2O6S/c1-30-23(27)19-9-4-18(5-10-19)15-24-22(26)13-8-17-6-11-21(12-7-17)32(28,29)25-16-20-3-2-14-31-20/h2-14,25H,15-16H2,1H3,(H,24,26)/b13-8+. The fourth-order valence-corrected chi connectivity index (χ4v) is 3.71. The van der Waals surface area contributed by atoms with Crippen LogP contribution in [0.1, 0.15) is 27.2 Å². The van der Waals surface area contributed by atoms with E-state index in [1.165, 1.54) is 31.6 Å². The first kappa shape index (κ1) is 23.0. The summed E-state index contributed by atoms with van der Waals surface area (Å²) >= 11 is 0. The zero-order valence-electron chi connectivity index (χ0n) is 17.3. The summed E-state index contributed by atoms with van der Waals surface area (Å²) in [6.45, 7) is 0.353. The third-order valence-electron chi connectivity index (χ3n) is 4.48. The molecular formula is C23H22N2O6S. The fraction of sp³-hybridized carbons (Fsp3) is 0.130. The topological polar surface area (TPSA) is 115 Å². The van der Waals surface area contributed by atoms with E-state index in [-0.39, 0.29) is 17.3 Å². The van der Waals surface area contributed by atoms with Gasteiger partial charge in [-0.2, -0.15) is 0 Å². The van der Waals surface area contributed by atoms with E-state index in [0.29, 0.717) is 23.4 Å². The van der Waals surface area contributed by atoms with Crippen LogP contribution in [0.2, 0.25) is 0 Å². The molecule has 9 heteroatoms. The van der Waals surface area contributed by atoms with Gasteiger partial charge in [-0.05, 0) is 53.6 Å². The van der Waals surface area contributed by atoms with Gasteiger partial charge in [0.15, 0.2) is 0 Å². The smallest absolute Gasteiger partial charge is 0.337 e. The van der Waals surface area contributed by atoms with Crippen molar-refractivity contribution in [3.63, 3.8) is 0 Å². The van der Waals surface area contributed by atoms with E-state index in [2.05, 4.69) is 14.8 Å². The second kappa shape index (κ2) is 10.6. The number of amides is 1. The Hall–Kier alpha value is -3.69. The third-order valence-corrected chi connectivity index (χ3v) is 5.89. The zero-order chi connectivity index (χ0) is 23.0. The second-order valence-electron chi connectivity index (χ2n) is 6.71. The summed E-state index contributed by atoms with van der Waals surface area (Å²) in [4.78, 5) is 23.6. The number of esters is 1. The molecule has 0 unspecified atom stereocenters. The Kier molecular flexibility index (Phi) is 7.58. The molecule has 0 saturated carbocycles. The second-order valence-corrected chi connectivity index (χ2v) is 8.48. The first-order chi connectivity index (χ1) is 15.4. The summed E-state index contributed by atoms with van der Waals surface area (Å²) in [5, 5.41) is 2.74. The SMILES string of the molecule is COC(=O)c1ccc(CNC(=O)/C=C/c2ccc(S(=O)(=O)NCc3ccco3)cc2)cc1. The van der Waals surface area contributed by atoms with E-state index in [1.54, 1.807) is 54.6 Å². The van der Waals surface area contributed by atoms with E-state index in [9.17, 15) is 18.0 Å². The van der Waals surface area contributed by atoms with Crippen molar-refractivity contribution in [3.05, 3.63) is 95.5 Å². The van der Waals surface area contributed by atoms with Crippen molar-refractivity contribution in [2.24, 2.45) is 0 Å². The first-order valence-corrected chi connectivity index (χ1v) is 11.1. The van der Waals surface area contributed by atoms with Gasteiger partial charge in [-0.1, -0.05) is 24.3 Å². The molecule has 0 aliphatic rings.